The highest BCUT2D eigenvalue weighted by atomic mass is 79.9. The first kappa shape index (κ1) is 28.2. The molecule has 0 saturated heterocycles. The van der Waals surface area contributed by atoms with Crippen molar-refractivity contribution in [3.8, 4) is 0 Å². The van der Waals surface area contributed by atoms with Crippen molar-refractivity contribution in [1.82, 2.24) is 10.2 Å². The topological polar surface area (TPSA) is 130 Å². The zero-order valence-corrected chi connectivity index (χ0v) is 22.6. The minimum Gasteiger partial charge on any atom is -0.352 e. The van der Waals surface area contributed by atoms with E-state index >= 15 is 0 Å². The molecular weight excluding hydrogens is 540 g/mol. The fourth-order valence-electron chi connectivity index (χ4n) is 3.39. The van der Waals surface area contributed by atoms with Crippen LogP contribution in [-0.4, -0.2) is 54.9 Å². The summed E-state index contributed by atoms with van der Waals surface area (Å²) in [6, 6.07) is 9.94. The molecule has 12 heteroatoms. The van der Waals surface area contributed by atoms with Crippen LogP contribution >= 0.6 is 15.9 Å². The summed E-state index contributed by atoms with van der Waals surface area (Å²) >= 11 is 3.39. The van der Waals surface area contributed by atoms with Crippen molar-refractivity contribution in [3.63, 3.8) is 0 Å². The Hall–Kier alpha value is -2.99. The maximum Gasteiger partial charge on any atom is 0.271 e. The van der Waals surface area contributed by atoms with Crippen LogP contribution in [0.25, 0.3) is 0 Å². The summed E-state index contributed by atoms with van der Waals surface area (Å²) in [5, 5.41) is 14.0. The number of nitro benzene ring substituents is 1. The third kappa shape index (κ3) is 7.76. The van der Waals surface area contributed by atoms with Gasteiger partial charge in [-0.1, -0.05) is 34.1 Å². The number of benzene rings is 2. The largest absolute Gasteiger partial charge is 0.352 e. The fourth-order valence-corrected chi connectivity index (χ4v) is 4.74. The summed E-state index contributed by atoms with van der Waals surface area (Å²) in [6.07, 6.45) is 0.923. The Morgan fingerprint density at radius 2 is 1.80 bits per heavy atom. The van der Waals surface area contributed by atoms with Crippen LogP contribution in [0, 0.1) is 17.0 Å². The molecule has 0 radical (unpaired) electrons. The van der Waals surface area contributed by atoms with E-state index in [9.17, 15) is 28.1 Å². The number of halogens is 1. The van der Waals surface area contributed by atoms with Crippen LogP contribution in [0.3, 0.4) is 0 Å². The van der Waals surface area contributed by atoms with Crippen molar-refractivity contribution in [1.29, 1.82) is 0 Å². The van der Waals surface area contributed by atoms with Crippen LogP contribution < -0.4 is 9.62 Å². The van der Waals surface area contributed by atoms with Gasteiger partial charge in [0, 0.05) is 29.2 Å². The second-order valence-electron chi connectivity index (χ2n) is 8.49. The predicted molar refractivity (Wildman–Crippen MR) is 137 cm³/mol. The third-order valence-electron chi connectivity index (χ3n) is 5.19. The van der Waals surface area contributed by atoms with Gasteiger partial charge in [-0.3, -0.25) is 24.0 Å². The Labute approximate surface area is 213 Å². The monoisotopic (exact) mass is 568 g/mol. The first-order chi connectivity index (χ1) is 16.2. The minimum atomic E-state index is -4.00. The summed E-state index contributed by atoms with van der Waals surface area (Å²) in [4.78, 5) is 38.2. The molecule has 190 valence electrons. The highest BCUT2D eigenvalue weighted by Gasteiger charge is 2.31. The molecule has 2 aromatic carbocycles. The van der Waals surface area contributed by atoms with Crippen LogP contribution in [0.4, 0.5) is 11.4 Å². The molecule has 0 fully saturated rings. The molecule has 2 amide bonds. The van der Waals surface area contributed by atoms with E-state index in [1.54, 1.807) is 45.9 Å². The molecule has 0 aliphatic heterocycles. The first-order valence-electron chi connectivity index (χ1n) is 10.8. The van der Waals surface area contributed by atoms with Crippen LogP contribution in [0.1, 0.15) is 31.9 Å². The number of anilines is 1. The van der Waals surface area contributed by atoms with Crippen molar-refractivity contribution < 1.29 is 22.9 Å². The number of aryl methyl sites for hydroxylation is 1. The van der Waals surface area contributed by atoms with Crippen molar-refractivity contribution in [3.05, 3.63) is 68.2 Å². The fraction of sp³-hybridized carbons (Fsp3) is 0.391. The smallest absolute Gasteiger partial charge is 0.271 e. The Morgan fingerprint density at radius 3 is 2.34 bits per heavy atom. The van der Waals surface area contributed by atoms with E-state index < -0.39 is 33.4 Å². The Morgan fingerprint density at radius 1 is 1.14 bits per heavy atom. The molecule has 0 unspecified atom stereocenters. The Bertz CT molecular complexity index is 1220. The van der Waals surface area contributed by atoms with Gasteiger partial charge < -0.3 is 10.2 Å². The maximum atomic E-state index is 13.5. The summed E-state index contributed by atoms with van der Waals surface area (Å²) < 4.78 is 27.0. The molecule has 1 N–H and O–H groups in total. The second kappa shape index (κ2) is 11.6. The van der Waals surface area contributed by atoms with E-state index in [1.165, 1.54) is 17.0 Å². The van der Waals surface area contributed by atoms with Crippen LogP contribution in [0.15, 0.2) is 46.9 Å². The van der Waals surface area contributed by atoms with Gasteiger partial charge in [-0.2, -0.15) is 0 Å². The second-order valence-corrected chi connectivity index (χ2v) is 11.3. The summed E-state index contributed by atoms with van der Waals surface area (Å²) in [5.74, 6) is -1.02. The highest BCUT2D eigenvalue weighted by molar-refractivity contribution is 9.10. The Balaban J connectivity index is 2.49. The van der Waals surface area contributed by atoms with Gasteiger partial charge in [0.15, 0.2) is 0 Å². The van der Waals surface area contributed by atoms with Gasteiger partial charge in [0.25, 0.3) is 5.69 Å². The molecule has 0 bridgehead atoms. The lowest BCUT2D eigenvalue weighted by molar-refractivity contribution is -0.384. The molecule has 1 atom stereocenters. The summed E-state index contributed by atoms with van der Waals surface area (Å²) in [5.41, 5.74) is 0.895. The number of sulfonamides is 1. The SMILES string of the molecule is Cc1ccc([N+](=O)[O-])cc1N(CC(=O)N(Cc1cccc(Br)c1)[C@H](C)C(=O)NC(C)C)S(C)(=O)=O. The van der Waals surface area contributed by atoms with Crippen molar-refractivity contribution >= 4 is 49.1 Å². The number of carbonyl (C=O) groups excluding carboxylic acids is 2. The minimum absolute atomic E-state index is 0.0248. The maximum absolute atomic E-state index is 13.5. The number of amides is 2. The normalized spacial score (nSPS) is 12.2. The number of hydrogen-bond donors (Lipinski definition) is 1. The molecule has 0 aromatic heterocycles. The molecule has 0 spiro atoms. The van der Waals surface area contributed by atoms with E-state index in [2.05, 4.69) is 21.2 Å². The van der Waals surface area contributed by atoms with E-state index in [4.69, 9.17) is 0 Å². The van der Waals surface area contributed by atoms with E-state index in [0.29, 0.717) is 5.56 Å². The number of nitro groups is 1. The zero-order valence-electron chi connectivity index (χ0n) is 20.2. The molecule has 35 heavy (non-hydrogen) atoms. The number of non-ortho nitro benzene ring substituents is 1. The average Bonchev–Trinajstić information content (AvgIpc) is 2.74. The molecule has 0 aliphatic rings. The van der Waals surface area contributed by atoms with E-state index in [-0.39, 0.29) is 29.9 Å². The number of nitrogens with one attached hydrogen (secondary N) is 1. The molecule has 2 aromatic rings. The van der Waals surface area contributed by atoms with E-state index in [1.807, 2.05) is 6.07 Å². The van der Waals surface area contributed by atoms with Crippen molar-refractivity contribution in [2.45, 2.75) is 46.3 Å². The molecule has 2 rings (SSSR count). The van der Waals surface area contributed by atoms with Crippen LogP contribution in [0.5, 0.6) is 0 Å². The average molecular weight is 569 g/mol. The van der Waals surface area contributed by atoms with Crippen molar-refractivity contribution in [2.24, 2.45) is 0 Å². The van der Waals surface area contributed by atoms with Gasteiger partial charge in [-0.15, -0.1) is 0 Å². The quantitative estimate of drug-likeness (QED) is 0.345. The van der Waals surface area contributed by atoms with Gasteiger partial charge in [-0.05, 0) is 51.0 Å². The highest BCUT2D eigenvalue weighted by Crippen LogP contribution is 2.28. The lowest BCUT2D eigenvalue weighted by atomic mass is 10.1. The number of carbonyl (C=O) groups is 2. The van der Waals surface area contributed by atoms with Gasteiger partial charge in [-0.25, -0.2) is 8.42 Å². The molecule has 0 aliphatic carbocycles. The number of hydrogen-bond acceptors (Lipinski definition) is 6. The number of rotatable bonds is 10. The Kier molecular flexibility index (Phi) is 9.38. The molecule has 10 nitrogen and oxygen atoms in total. The molecule has 0 saturated carbocycles. The van der Waals surface area contributed by atoms with Gasteiger partial charge in [0.05, 0.1) is 16.9 Å². The first-order valence-corrected chi connectivity index (χ1v) is 13.4. The van der Waals surface area contributed by atoms with Crippen LogP contribution in [-0.2, 0) is 26.2 Å². The predicted octanol–water partition coefficient (Wildman–Crippen LogP) is 3.37. The van der Waals surface area contributed by atoms with E-state index in [0.717, 1.165) is 26.7 Å². The zero-order chi connectivity index (χ0) is 26.5. The lowest BCUT2D eigenvalue weighted by Gasteiger charge is -2.32. The summed E-state index contributed by atoms with van der Waals surface area (Å²) in [7, 11) is -4.00. The summed E-state index contributed by atoms with van der Waals surface area (Å²) in [6.45, 7) is 6.17. The lowest BCUT2D eigenvalue weighted by Crippen LogP contribution is -2.52. The van der Waals surface area contributed by atoms with Gasteiger partial charge >= 0.3 is 0 Å². The standard InChI is InChI=1S/C23H29BrN4O6S/c1-15(2)25-23(30)17(4)26(13-18-7-6-8-19(24)11-18)22(29)14-27(35(5,33)34)21-12-20(28(31)32)10-9-16(21)3/h6-12,15,17H,13-14H2,1-5H3,(H,25,30)/t17-/m1/s1. The van der Waals surface area contributed by atoms with Gasteiger partial charge in [0.2, 0.25) is 21.8 Å². The van der Waals surface area contributed by atoms with Crippen LogP contribution in [0.2, 0.25) is 0 Å². The molecular formula is C23H29BrN4O6S. The van der Waals surface area contributed by atoms with Gasteiger partial charge in [0.1, 0.15) is 12.6 Å². The molecule has 0 heterocycles. The van der Waals surface area contributed by atoms with Crippen molar-refractivity contribution in [2.75, 3.05) is 17.1 Å². The third-order valence-corrected chi connectivity index (χ3v) is 6.81. The number of nitrogens with zero attached hydrogens (tertiary/aromatic N) is 3.